The molecule has 2 heterocycles. The Morgan fingerprint density at radius 2 is 1.97 bits per heavy atom. The maximum atomic E-state index is 12.9. The highest BCUT2D eigenvalue weighted by Crippen LogP contribution is 2.26. The summed E-state index contributed by atoms with van der Waals surface area (Å²) in [6, 6.07) is 13.7. The summed E-state index contributed by atoms with van der Waals surface area (Å²) in [5, 5.41) is 3.21. The first-order valence-electron chi connectivity index (χ1n) is 9.83. The predicted molar refractivity (Wildman–Crippen MR) is 117 cm³/mol. The van der Waals surface area contributed by atoms with Crippen LogP contribution in [0.3, 0.4) is 0 Å². The van der Waals surface area contributed by atoms with E-state index < -0.39 is 10.0 Å². The van der Waals surface area contributed by atoms with E-state index >= 15 is 0 Å². The molecule has 1 N–H and O–H groups in total. The van der Waals surface area contributed by atoms with Gasteiger partial charge >= 0.3 is 0 Å². The van der Waals surface area contributed by atoms with Gasteiger partial charge in [0.1, 0.15) is 5.52 Å². The molecule has 2 aromatic carbocycles. The number of thioether (sulfide) groups is 1. The highest BCUT2D eigenvalue weighted by atomic mass is 32.2. The van der Waals surface area contributed by atoms with Gasteiger partial charge in [0.05, 0.1) is 10.6 Å². The zero-order valence-electron chi connectivity index (χ0n) is 16.6. The highest BCUT2D eigenvalue weighted by Gasteiger charge is 2.30. The fourth-order valence-electron chi connectivity index (χ4n) is 3.51. The quantitative estimate of drug-likeness (QED) is 0.574. The minimum Gasteiger partial charge on any atom is -0.431 e. The lowest BCUT2D eigenvalue weighted by Gasteiger charge is -2.32. The van der Waals surface area contributed by atoms with Crippen LogP contribution >= 0.6 is 11.8 Å². The summed E-state index contributed by atoms with van der Waals surface area (Å²) >= 11 is 1.21. The smallest absolute Gasteiger partial charge is 0.257 e. The molecule has 3 aromatic rings. The number of piperidine rings is 1. The number of carbonyl (C=O) groups is 1. The first kappa shape index (κ1) is 20.9. The number of para-hydroxylation sites is 2. The number of hydrogen-bond acceptors (Lipinski definition) is 6. The van der Waals surface area contributed by atoms with Gasteiger partial charge in [-0.3, -0.25) is 4.79 Å². The molecule has 1 saturated heterocycles. The standard InChI is InChI=1S/C21H23N3O4S2/c1-15-6-4-5-13-24(15)30(26,27)17-11-9-16(10-12-17)22-20(25)14-29-21-23-18-7-2-3-8-19(18)28-21/h2-3,7-12,15H,4-6,13-14H2,1H3,(H,22,25)/t15-/m0/s1. The number of amides is 1. The molecule has 1 aliphatic rings. The molecule has 0 bridgehead atoms. The third-order valence-corrected chi connectivity index (χ3v) is 7.94. The molecule has 0 saturated carbocycles. The monoisotopic (exact) mass is 445 g/mol. The molecule has 0 spiro atoms. The van der Waals surface area contributed by atoms with Gasteiger partial charge in [0.25, 0.3) is 5.22 Å². The van der Waals surface area contributed by atoms with Crippen molar-refractivity contribution in [1.82, 2.24) is 9.29 Å². The Bertz CT molecular complexity index is 1110. The van der Waals surface area contributed by atoms with Crippen molar-refractivity contribution in [1.29, 1.82) is 0 Å². The van der Waals surface area contributed by atoms with E-state index in [1.807, 2.05) is 31.2 Å². The normalized spacial score (nSPS) is 17.8. The summed E-state index contributed by atoms with van der Waals surface area (Å²) in [4.78, 5) is 16.8. The summed E-state index contributed by atoms with van der Waals surface area (Å²) in [5.74, 6) is -0.0828. The molecule has 1 aromatic heterocycles. The highest BCUT2D eigenvalue weighted by molar-refractivity contribution is 7.99. The number of nitrogens with zero attached hydrogens (tertiary/aromatic N) is 2. The predicted octanol–water partition coefficient (Wildman–Crippen LogP) is 4.12. The number of anilines is 1. The second-order valence-electron chi connectivity index (χ2n) is 7.27. The molecule has 0 radical (unpaired) electrons. The van der Waals surface area contributed by atoms with Gasteiger partial charge in [0.15, 0.2) is 5.58 Å². The van der Waals surface area contributed by atoms with E-state index in [4.69, 9.17) is 4.42 Å². The van der Waals surface area contributed by atoms with E-state index in [0.29, 0.717) is 23.0 Å². The Balaban J connectivity index is 1.36. The lowest BCUT2D eigenvalue weighted by molar-refractivity contribution is -0.113. The van der Waals surface area contributed by atoms with E-state index in [1.54, 1.807) is 28.6 Å². The summed E-state index contributed by atoms with van der Waals surface area (Å²) in [6.07, 6.45) is 2.82. The van der Waals surface area contributed by atoms with Crippen molar-refractivity contribution in [3.05, 3.63) is 48.5 Å². The van der Waals surface area contributed by atoms with Gasteiger partial charge in [-0.15, -0.1) is 0 Å². The van der Waals surface area contributed by atoms with Gasteiger partial charge in [0.2, 0.25) is 15.9 Å². The zero-order valence-corrected chi connectivity index (χ0v) is 18.2. The molecule has 0 unspecified atom stereocenters. The van der Waals surface area contributed by atoms with Crippen molar-refractivity contribution in [3.63, 3.8) is 0 Å². The van der Waals surface area contributed by atoms with Gasteiger partial charge in [0, 0.05) is 18.3 Å². The Labute approximate surface area is 179 Å². The third kappa shape index (κ3) is 4.53. The second-order valence-corrected chi connectivity index (χ2v) is 10.1. The van der Waals surface area contributed by atoms with Gasteiger partial charge in [-0.1, -0.05) is 30.3 Å². The largest absolute Gasteiger partial charge is 0.431 e. The number of carbonyl (C=O) groups excluding carboxylic acids is 1. The van der Waals surface area contributed by atoms with Crippen molar-refractivity contribution in [2.45, 2.75) is 42.3 Å². The number of benzene rings is 2. The number of nitrogens with one attached hydrogen (secondary N) is 1. The van der Waals surface area contributed by atoms with Crippen LogP contribution in [0.2, 0.25) is 0 Å². The van der Waals surface area contributed by atoms with Crippen molar-refractivity contribution in [2.24, 2.45) is 0 Å². The summed E-state index contributed by atoms with van der Waals surface area (Å²) < 4.78 is 32.9. The number of aromatic nitrogens is 1. The molecule has 158 valence electrons. The van der Waals surface area contributed by atoms with Crippen LogP contribution in [0, 0.1) is 0 Å². The van der Waals surface area contributed by atoms with Crippen LogP contribution in [-0.4, -0.2) is 42.0 Å². The van der Waals surface area contributed by atoms with Gasteiger partial charge < -0.3 is 9.73 Å². The molecule has 1 aliphatic heterocycles. The molecule has 1 fully saturated rings. The number of fused-ring (bicyclic) bond motifs is 1. The Hall–Kier alpha value is -2.36. The van der Waals surface area contributed by atoms with Gasteiger partial charge in [-0.05, 0) is 56.2 Å². The summed E-state index contributed by atoms with van der Waals surface area (Å²) in [5.41, 5.74) is 1.98. The molecule has 1 atom stereocenters. The molecular weight excluding hydrogens is 422 g/mol. The average Bonchev–Trinajstić information content (AvgIpc) is 3.16. The van der Waals surface area contributed by atoms with E-state index in [0.717, 1.165) is 24.8 Å². The molecule has 4 rings (SSSR count). The Morgan fingerprint density at radius 1 is 1.20 bits per heavy atom. The zero-order chi connectivity index (χ0) is 21.1. The fraction of sp³-hybridized carbons (Fsp3) is 0.333. The van der Waals surface area contributed by atoms with Crippen LogP contribution in [0.15, 0.2) is 63.1 Å². The number of oxazole rings is 1. The van der Waals surface area contributed by atoms with Crippen LogP contribution in [-0.2, 0) is 14.8 Å². The first-order valence-corrected chi connectivity index (χ1v) is 12.3. The molecule has 0 aliphatic carbocycles. The Morgan fingerprint density at radius 3 is 2.70 bits per heavy atom. The second kappa shape index (κ2) is 8.79. The average molecular weight is 446 g/mol. The van der Waals surface area contributed by atoms with E-state index in [9.17, 15) is 13.2 Å². The molecule has 9 heteroatoms. The van der Waals surface area contributed by atoms with Crippen molar-refractivity contribution in [3.8, 4) is 0 Å². The number of sulfonamides is 1. The van der Waals surface area contributed by atoms with Crippen LogP contribution in [0.25, 0.3) is 11.1 Å². The fourth-order valence-corrected chi connectivity index (χ4v) is 5.85. The lowest BCUT2D eigenvalue weighted by Crippen LogP contribution is -2.41. The first-order chi connectivity index (χ1) is 14.4. The van der Waals surface area contributed by atoms with Crippen LogP contribution < -0.4 is 5.32 Å². The van der Waals surface area contributed by atoms with Gasteiger partial charge in [-0.25, -0.2) is 13.4 Å². The van der Waals surface area contributed by atoms with Gasteiger partial charge in [-0.2, -0.15) is 4.31 Å². The summed E-state index contributed by atoms with van der Waals surface area (Å²) in [7, 11) is -3.52. The molecular formula is C21H23N3O4S2. The minimum atomic E-state index is -3.52. The number of rotatable bonds is 6. The van der Waals surface area contributed by atoms with E-state index in [1.165, 1.54) is 11.8 Å². The molecule has 30 heavy (non-hydrogen) atoms. The SMILES string of the molecule is C[C@H]1CCCCN1S(=O)(=O)c1ccc(NC(=O)CSc2nc3ccccc3o2)cc1. The molecule has 1 amide bonds. The summed E-state index contributed by atoms with van der Waals surface area (Å²) in [6.45, 7) is 2.49. The van der Waals surface area contributed by atoms with E-state index in [-0.39, 0.29) is 22.6 Å². The number of hydrogen-bond donors (Lipinski definition) is 1. The maximum absolute atomic E-state index is 12.9. The minimum absolute atomic E-state index is 0.00649. The van der Waals surface area contributed by atoms with Crippen molar-refractivity contribution in [2.75, 3.05) is 17.6 Å². The van der Waals surface area contributed by atoms with Crippen molar-refractivity contribution >= 4 is 44.5 Å². The van der Waals surface area contributed by atoms with Crippen LogP contribution in [0.5, 0.6) is 0 Å². The van der Waals surface area contributed by atoms with Crippen LogP contribution in [0.1, 0.15) is 26.2 Å². The Kier molecular flexibility index (Phi) is 6.12. The van der Waals surface area contributed by atoms with Crippen LogP contribution in [0.4, 0.5) is 5.69 Å². The maximum Gasteiger partial charge on any atom is 0.257 e. The van der Waals surface area contributed by atoms with E-state index in [2.05, 4.69) is 10.3 Å². The van der Waals surface area contributed by atoms with Crippen molar-refractivity contribution < 1.29 is 17.6 Å². The molecule has 7 nitrogen and oxygen atoms in total. The topological polar surface area (TPSA) is 92.5 Å². The third-order valence-electron chi connectivity index (χ3n) is 5.09. The lowest BCUT2D eigenvalue weighted by atomic mass is 10.1.